The number of nitrogens with zero attached hydrogens (tertiary/aromatic N) is 2. The number of hydrazone groups is 1. The number of benzene rings is 3. The number of rotatable bonds is 11. The smallest absolute Gasteiger partial charge is 0.255 e. The van der Waals surface area contributed by atoms with Gasteiger partial charge < -0.3 is 9.47 Å². The zero-order valence-electron chi connectivity index (χ0n) is 19.6. The predicted molar refractivity (Wildman–Crippen MR) is 135 cm³/mol. The van der Waals surface area contributed by atoms with Crippen molar-refractivity contribution in [1.29, 1.82) is 0 Å². The van der Waals surface area contributed by atoms with Crippen molar-refractivity contribution in [2.45, 2.75) is 18.4 Å². The van der Waals surface area contributed by atoms with Gasteiger partial charge in [-0.05, 0) is 72.6 Å². The summed E-state index contributed by atoms with van der Waals surface area (Å²) >= 11 is 5.88. The van der Waals surface area contributed by atoms with E-state index in [0.717, 1.165) is 4.31 Å². The molecule has 190 valence electrons. The average Bonchev–Trinajstić information content (AvgIpc) is 2.86. The highest BCUT2D eigenvalue weighted by atomic mass is 35.5. The van der Waals surface area contributed by atoms with Gasteiger partial charge in [0.15, 0.2) is 11.5 Å². The van der Waals surface area contributed by atoms with Gasteiger partial charge in [-0.3, -0.25) is 4.79 Å². The Kier molecular flexibility index (Phi) is 9.40. The molecular formula is C25H25ClFN3O5S. The molecule has 0 aromatic heterocycles. The number of hydrogen-bond acceptors (Lipinski definition) is 6. The van der Waals surface area contributed by atoms with E-state index < -0.39 is 28.3 Å². The fourth-order valence-electron chi connectivity index (χ4n) is 3.19. The summed E-state index contributed by atoms with van der Waals surface area (Å²) in [5.74, 6) is -0.0376. The van der Waals surface area contributed by atoms with Crippen molar-refractivity contribution in [3.63, 3.8) is 0 Å². The van der Waals surface area contributed by atoms with Crippen molar-refractivity contribution in [1.82, 2.24) is 9.73 Å². The molecule has 0 aliphatic heterocycles. The summed E-state index contributed by atoms with van der Waals surface area (Å²) in [5, 5.41) is 4.29. The van der Waals surface area contributed by atoms with Crippen LogP contribution in [0.15, 0.2) is 76.7 Å². The Morgan fingerprint density at radius 3 is 2.42 bits per heavy atom. The number of methoxy groups -OCH3 is 1. The second-order valence-corrected chi connectivity index (χ2v) is 9.86. The van der Waals surface area contributed by atoms with Gasteiger partial charge in [0, 0.05) is 11.6 Å². The lowest BCUT2D eigenvalue weighted by Crippen LogP contribution is -2.39. The van der Waals surface area contributed by atoms with Crippen molar-refractivity contribution >= 4 is 33.7 Å². The quantitative estimate of drug-likeness (QED) is 0.294. The van der Waals surface area contributed by atoms with Gasteiger partial charge in [0.25, 0.3) is 5.91 Å². The van der Waals surface area contributed by atoms with E-state index in [2.05, 4.69) is 10.5 Å². The first-order chi connectivity index (χ1) is 17.2. The third-order valence-electron chi connectivity index (χ3n) is 4.93. The summed E-state index contributed by atoms with van der Waals surface area (Å²) in [5.41, 5.74) is 3.48. The number of hydrogen-bond donors (Lipinski definition) is 1. The average molecular weight is 534 g/mol. The van der Waals surface area contributed by atoms with Gasteiger partial charge >= 0.3 is 0 Å². The van der Waals surface area contributed by atoms with Crippen LogP contribution in [0.4, 0.5) is 4.39 Å². The number of carbonyl (C=O) groups excluding carboxylic acids is 1. The number of ether oxygens (including phenoxy) is 2. The second-order valence-electron chi connectivity index (χ2n) is 7.49. The van der Waals surface area contributed by atoms with E-state index in [9.17, 15) is 17.6 Å². The minimum Gasteiger partial charge on any atom is -0.493 e. The third-order valence-corrected chi connectivity index (χ3v) is 6.99. The lowest BCUT2D eigenvalue weighted by atomic mass is 10.2. The second kappa shape index (κ2) is 12.5. The molecular weight excluding hydrogens is 509 g/mol. The third kappa shape index (κ3) is 7.27. The molecule has 0 aliphatic rings. The molecule has 1 N–H and O–H groups in total. The molecule has 3 aromatic rings. The molecule has 0 radical (unpaired) electrons. The van der Waals surface area contributed by atoms with Crippen LogP contribution in [0, 0.1) is 5.82 Å². The summed E-state index contributed by atoms with van der Waals surface area (Å²) in [4.78, 5) is 12.6. The summed E-state index contributed by atoms with van der Waals surface area (Å²) < 4.78 is 51.6. The Hall–Kier alpha value is -3.47. The Labute approximate surface area is 214 Å². The van der Waals surface area contributed by atoms with Crippen molar-refractivity contribution < 1.29 is 27.1 Å². The Morgan fingerprint density at radius 2 is 1.78 bits per heavy atom. The molecule has 3 aromatic carbocycles. The molecule has 1 amide bonds. The van der Waals surface area contributed by atoms with Gasteiger partial charge in [0.2, 0.25) is 10.0 Å². The summed E-state index contributed by atoms with van der Waals surface area (Å²) in [6.07, 6.45) is 1.40. The van der Waals surface area contributed by atoms with Crippen LogP contribution in [0.3, 0.4) is 0 Å². The van der Waals surface area contributed by atoms with E-state index in [-0.39, 0.29) is 11.4 Å². The molecule has 0 heterocycles. The summed E-state index contributed by atoms with van der Waals surface area (Å²) in [6.45, 7) is 1.66. The first-order valence-corrected chi connectivity index (χ1v) is 12.7. The van der Waals surface area contributed by atoms with Gasteiger partial charge in [-0.1, -0.05) is 23.7 Å². The molecule has 8 nitrogen and oxygen atoms in total. The normalized spacial score (nSPS) is 11.6. The van der Waals surface area contributed by atoms with Crippen LogP contribution in [0.5, 0.6) is 11.5 Å². The molecule has 0 saturated heterocycles. The topological polar surface area (TPSA) is 97.3 Å². The van der Waals surface area contributed by atoms with E-state index in [0.29, 0.717) is 34.3 Å². The maximum atomic E-state index is 13.3. The molecule has 0 spiro atoms. The zero-order chi connectivity index (χ0) is 26.1. The van der Waals surface area contributed by atoms with Crippen LogP contribution in [-0.2, 0) is 21.4 Å². The van der Waals surface area contributed by atoms with Gasteiger partial charge in [-0.15, -0.1) is 0 Å². The van der Waals surface area contributed by atoms with Gasteiger partial charge in [0.05, 0.1) is 31.4 Å². The van der Waals surface area contributed by atoms with Crippen molar-refractivity contribution in [2.24, 2.45) is 5.10 Å². The van der Waals surface area contributed by atoms with Gasteiger partial charge in [-0.25, -0.2) is 18.2 Å². The molecule has 0 bridgehead atoms. The van der Waals surface area contributed by atoms with Gasteiger partial charge in [0.1, 0.15) is 5.82 Å². The Bertz CT molecular complexity index is 1320. The molecule has 0 fully saturated rings. The highest BCUT2D eigenvalue weighted by Crippen LogP contribution is 2.27. The standard InChI is InChI=1S/C25H25ClFN3O5S/c1-3-35-23-13-6-19(14-24(23)34-2)15-28-29-25(31)17-30(16-18-4-9-21(27)10-5-18)36(32,33)22-11-7-20(26)8-12-22/h4-15H,3,16-17H2,1-2H3,(H,29,31)/b28-15-. The molecule has 0 aliphatic carbocycles. The molecule has 36 heavy (non-hydrogen) atoms. The van der Waals surface area contributed by atoms with Crippen molar-refractivity contribution in [3.05, 3.63) is 88.7 Å². The predicted octanol–water partition coefficient (Wildman–Crippen LogP) is 4.23. The van der Waals surface area contributed by atoms with Crippen LogP contribution in [0.2, 0.25) is 5.02 Å². The van der Waals surface area contributed by atoms with Crippen molar-refractivity contribution in [2.75, 3.05) is 20.3 Å². The van der Waals surface area contributed by atoms with E-state index in [4.69, 9.17) is 21.1 Å². The van der Waals surface area contributed by atoms with Crippen molar-refractivity contribution in [3.8, 4) is 11.5 Å². The van der Waals surface area contributed by atoms with E-state index in [1.165, 1.54) is 61.9 Å². The summed E-state index contributed by atoms with van der Waals surface area (Å²) in [7, 11) is -2.57. The number of nitrogens with one attached hydrogen (secondary N) is 1. The van der Waals surface area contributed by atoms with E-state index >= 15 is 0 Å². The maximum absolute atomic E-state index is 13.3. The fraction of sp³-hybridized carbons (Fsp3) is 0.200. The molecule has 3 rings (SSSR count). The van der Waals surface area contributed by atoms with E-state index in [1.807, 2.05) is 6.92 Å². The number of carbonyl (C=O) groups is 1. The highest BCUT2D eigenvalue weighted by Gasteiger charge is 2.27. The van der Waals surface area contributed by atoms with Crippen LogP contribution in [0.25, 0.3) is 0 Å². The lowest BCUT2D eigenvalue weighted by Gasteiger charge is -2.21. The lowest BCUT2D eigenvalue weighted by molar-refractivity contribution is -0.121. The largest absolute Gasteiger partial charge is 0.493 e. The Morgan fingerprint density at radius 1 is 1.08 bits per heavy atom. The maximum Gasteiger partial charge on any atom is 0.255 e. The van der Waals surface area contributed by atoms with E-state index in [1.54, 1.807) is 18.2 Å². The molecule has 0 atom stereocenters. The van der Waals surface area contributed by atoms with Crippen LogP contribution in [-0.4, -0.2) is 45.1 Å². The first-order valence-electron chi connectivity index (χ1n) is 10.9. The molecule has 11 heteroatoms. The fourth-order valence-corrected chi connectivity index (χ4v) is 4.70. The Balaban J connectivity index is 1.76. The summed E-state index contributed by atoms with van der Waals surface area (Å²) in [6, 6.07) is 16.1. The monoisotopic (exact) mass is 533 g/mol. The number of amides is 1. The first kappa shape index (κ1) is 27.1. The molecule has 0 saturated carbocycles. The highest BCUT2D eigenvalue weighted by molar-refractivity contribution is 7.89. The zero-order valence-corrected chi connectivity index (χ0v) is 21.2. The number of halogens is 2. The SMILES string of the molecule is CCOc1ccc(/C=N\NC(=O)CN(Cc2ccc(F)cc2)S(=O)(=O)c2ccc(Cl)cc2)cc1OC. The van der Waals surface area contributed by atoms with Crippen LogP contribution in [0.1, 0.15) is 18.1 Å². The van der Waals surface area contributed by atoms with Crippen LogP contribution < -0.4 is 14.9 Å². The van der Waals surface area contributed by atoms with Crippen LogP contribution >= 0.6 is 11.6 Å². The molecule has 0 unspecified atom stereocenters. The number of sulfonamides is 1. The van der Waals surface area contributed by atoms with Gasteiger partial charge in [-0.2, -0.15) is 9.41 Å². The minimum absolute atomic E-state index is 0.0354. The minimum atomic E-state index is -4.08.